The first kappa shape index (κ1) is 46.0. The molecule has 0 aromatic carbocycles. The van der Waals surface area contributed by atoms with E-state index < -0.39 is 60.6 Å². The number of aryl methyl sites for hydroxylation is 1. The summed E-state index contributed by atoms with van der Waals surface area (Å²) in [5.41, 5.74) is 0.394. The van der Waals surface area contributed by atoms with Crippen molar-refractivity contribution < 1.29 is 47.4 Å². The number of imidazole rings is 1. The fraction of sp³-hybridized carbons (Fsp3) is 0.514. The molecule has 2 N–H and O–H groups in total. The van der Waals surface area contributed by atoms with Gasteiger partial charge >= 0.3 is 23.8 Å². The normalized spacial score (nSPS) is 17.3. The minimum atomic E-state index is -1.63. The van der Waals surface area contributed by atoms with Crippen LogP contribution in [0.2, 0.25) is 0 Å². The van der Waals surface area contributed by atoms with Crippen LogP contribution < -0.4 is 15.2 Å². The van der Waals surface area contributed by atoms with E-state index in [2.05, 4.69) is 36.7 Å². The summed E-state index contributed by atoms with van der Waals surface area (Å²) in [6.07, 6.45) is 4.65. The van der Waals surface area contributed by atoms with Crippen LogP contribution in [-0.2, 0) is 46.3 Å². The molecule has 4 amide bonds. The Bertz CT molecular complexity index is 2180. The number of aromatic nitrogens is 5. The predicted octanol–water partition coefficient (Wildman–Crippen LogP) is 4.08. The van der Waals surface area contributed by atoms with Gasteiger partial charge in [0.25, 0.3) is 11.8 Å². The first-order valence-electron chi connectivity index (χ1n) is 18.9. The largest absolute Gasteiger partial charge is 0.452 e. The second-order valence-corrected chi connectivity index (χ2v) is 18.6. The van der Waals surface area contributed by atoms with Crippen LogP contribution in [0.4, 0.5) is 14.7 Å². The summed E-state index contributed by atoms with van der Waals surface area (Å²) in [4.78, 5) is 83.2. The van der Waals surface area contributed by atoms with Crippen LogP contribution in [0, 0.1) is 0 Å². The molecule has 2 aliphatic rings. The molecule has 3 aromatic heterocycles. The monoisotopic (exact) mass is 883 g/mol. The molecule has 19 nitrogen and oxygen atoms in total. The van der Waals surface area contributed by atoms with Crippen molar-refractivity contribution in [3.05, 3.63) is 54.4 Å². The topological polar surface area (TPSA) is 213 Å². The van der Waals surface area contributed by atoms with Crippen molar-refractivity contribution >= 4 is 90.9 Å². The number of nitrogens with zero attached hydrogens (tertiary/aromatic N) is 8. The van der Waals surface area contributed by atoms with Crippen molar-refractivity contribution in [1.82, 2.24) is 34.0 Å². The third-order valence-corrected chi connectivity index (χ3v) is 10.8. The van der Waals surface area contributed by atoms with E-state index in [1.807, 2.05) is 48.2 Å². The summed E-state index contributed by atoms with van der Waals surface area (Å²) in [7, 11) is 4.29. The van der Waals surface area contributed by atoms with E-state index in [1.54, 1.807) is 51.7 Å². The van der Waals surface area contributed by atoms with Crippen molar-refractivity contribution in [2.24, 2.45) is 5.16 Å². The number of hydrogen-bond acceptors (Lipinski definition) is 15. The van der Waals surface area contributed by atoms with Crippen LogP contribution in [0.3, 0.4) is 0 Å². The molecule has 1 fully saturated rings. The van der Waals surface area contributed by atoms with Crippen molar-refractivity contribution in [1.29, 1.82) is 0 Å². The Morgan fingerprint density at radius 2 is 1.92 bits per heavy atom. The Balaban J connectivity index is 1.32. The third-order valence-electron chi connectivity index (χ3n) is 8.34. The highest BCUT2D eigenvalue weighted by Gasteiger charge is 2.55. The maximum Gasteiger partial charge on any atom is 0.414 e. The number of nitrogens with one attached hydrogen (secondary N) is 2. The maximum absolute atomic E-state index is 13.9. The highest BCUT2D eigenvalue weighted by molar-refractivity contribution is 8.00. The molecule has 1 saturated heterocycles. The van der Waals surface area contributed by atoms with Crippen molar-refractivity contribution in [2.45, 2.75) is 90.6 Å². The van der Waals surface area contributed by atoms with Gasteiger partial charge in [0.1, 0.15) is 47.0 Å². The van der Waals surface area contributed by atoms with E-state index in [0.717, 1.165) is 17.0 Å². The number of carbonyl (C=O) groups is 5. The zero-order chi connectivity index (χ0) is 43.9. The Labute approximate surface area is 358 Å². The van der Waals surface area contributed by atoms with Crippen molar-refractivity contribution in [3.8, 4) is 0 Å². The number of hydrogen-bond donors (Lipinski definition) is 2. The maximum atomic E-state index is 13.9. The van der Waals surface area contributed by atoms with E-state index in [-0.39, 0.29) is 35.5 Å². The van der Waals surface area contributed by atoms with E-state index in [4.69, 9.17) is 26.4 Å². The molecule has 5 rings (SSSR count). The standard InChI is InChI=1S/C37H48BN10O9PS2/c1-10-15-45(35(53)56-37(6,7)8)17-13-18-47-21-39-28-23(47)14-12-16-46(28)19-22-20-59-31-25(30(50)48(31)26(22)32(51)57-58(9)38)40-29(49)24(43-54-11-2)27-41-33(60-44-27)42-34(52)55-36(3,4)5/h10,12,14,16,21,25,31H,1,11,13,15,17-20H2,2-9H3,(H-,40,41,42,44,49,52)/p+1/b43-24+. The summed E-state index contributed by atoms with van der Waals surface area (Å²) in [6.45, 7) is 19.2. The van der Waals surface area contributed by atoms with E-state index in [9.17, 15) is 24.0 Å². The summed E-state index contributed by atoms with van der Waals surface area (Å²) in [5.74, 6) is -1.96. The van der Waals surface area contributed by atoms with Gasteiger partial charge in [0.2, 0.25) is 23.0 Å². The van der Waals surface area contributed by atoms with Crippen LogP contribution >= 0.6 is 31.3 Å². The molecule has 60 heavy (non-hydrogen) atoms. The summed E-state index contributed by atoms with van der Waals surface area (Å²) < 4.78 is 24.3. The lowest BCUT2D eigenvalue weighted by atomic mass is 10.0. The molecule has 2 radical (unpaired) electrons. The molecule has 5 heterocycles. The second-order valence-electron chi connectivity index (χ2n) is 15.5. The number of oxime groups is 1. The Kier molecular flexibility index (Phi) is 15.0. The third kappa shape index (κ3) is 11.6. The predicted molar refractivity (Wildman–Crippen MR) is 227 cm³/mol. The highest BCUT2D eigenvalue weighted by atomic mass is 32.2. The molecular weight excluding hydrogens is 834 g/mol. The molecule has 3 aromatic rings. The molecule has 0 bridgehead atoms. The summed E-state index contributed by atoms with van der Waals surface area (Å²) in [5, 5.41) is 8.44. The lowest BCUT2D eigenvalue weighted by Gasteiger charge is -2.49. The minimum Gasteiger partial charge on any atom is -0.452 e. The number of β-lactam (4-membered cyclic amide) rings is 1. The number of carbonyl (C=O) groups excluding carboxylic acids is 5. The number of rotatable bonds is 16. The molecule has 23 heteroatoms. The molecule has 3 atom stereocenters. The van der Waals surface area contributed by atoms with Gasteiger partial charge in [-0.05, 0) is 78.7 Å². The van der Waals surface area contributed by atoms with Crippen LogP contribution in [0.5, 0.6) is 0 Å². The second kappa shape index (κ2) is 19.5. The number of fused-ring (bicyclic) bond motifs is 2. The number of anilines is 1. The van der Waals surface area contributed by atoms with Gasteiger partial charge in [-0.25, -0.2) is 19.0 Å². The summed E-state index contributed by atoms with van der Waals surface area (Å²) in [6, 6.07) is 2.74. The Hall–Kier alpha value is -5.08. The van der Waals surface area contributed by atoms with Gasteiger partial charge in [0, 0.05) is 50.5 Å². The number of ether oxygens (including phenoxy) is 2. The molecule has 2 aliphatic heterocycles. The van der Waals surface area contributed by atoms with Crippen LogP contribution in [0.25, 0.3) is 11.2 Å². The van der Waals surface area contributed by atoms with Gasteiger partial charge in [-0.15, -0.1) is 18.3 Å². The van der Waals surface area contributed by atoms with Crippen molar-refractivity contribution in [2.75, 3.05) is 37.4 Å². The molecular formula is C37H49BN10O9PS2+. The van der Waals surface area contributed by atoms with Gasteiger partial charge < -0.3 is 33.6 Å². The minimum absolute atomic E-state index is 0.0460. The lowest BCUT2D eigenvalue weighted by molar-refractivity contribution is -0.664. The molecule has 320 valence electrons. The molecule has 0 saturated carbocycles. The first-order chi connectivity index (χ1) is 28.3. The number of thioether (sulfide) groups is 1. The first-order valence-corrected chi connectivity index (χ1v) is 22.5. The molecule has 3 unspecified atom stereocenters. The van der Waals surface area contributed by atoms with Gasteiger partial charge in [-0.1, -0.05) is 11.2 Å². The van der Waals surface area contributed by atoms with Gasteiger partial charge in [0.15, 0.2) is 7.57 Å². The quantitative estimate of drug-likeness (QED) is 0.0396. The van der Waals surface area contributed by atoms with E-state index >= 15 is 0 Å². The lowest BCUT2D eigenvalue weighted by Crippen LogP contribution is -2.71. The average molecular weight is 884 g/mol. The van der Waals surface area contributed by atoms with Gasteiger partial charge in [-0.3, -0.25) is 19.8 Å². The zero-order valence-electron chi connectivity index (χ0n) is 34.8. The van der Waals surface area contributed by atoms with E-state index in [0.29, 0.717) is 43.0 Å². The highest BCUT2D eigenvalue weighted by Crippen LogP contribution is 2.42. The van der Waals surface area contributed by atoms with Gasteiger partial charge in [-0.2, -0.15) is 9.36 Å². The van der Waals surface area contributed by atoms with Crippen LogP contribution in [0.15, 0.2) is 53.7 Å². The van der Waals surface area contributed by atoms with Gasteiger partial charge in [0.05, 0.1) is 6.20 Å². The fourth-order valence-corrected chi connectivity index (χ4v) is 8.26. The number of amides is 4. The van der Waals surface area contributed by atoms with E-state index in [1.165, 1.54) is 16.7 Å². The molecule has 0 spiro atoms. The summed E-state index contributed by atoms with van der Waals surface area (Å²) >= 11 is 2.15. The molecule has 0 aliphatic carbocycles. The SMILES string of the molecule is [B]P(C)OC(=O)C1=C(C[n+]2cccc3c2ncn3CCCN(CC=C)C(=O)OC(C)(C)C)CSC2C(NC(=O)/C(=N/OCC)c3nsc(NC(=O)OC(C)(C)C)n3)C(=O)N12. The Morgan fingerprint density at radius 1 is 1.18 bits per heavy atom. The van der Waals surface area contributed by atoms with Crippen molar-refractivity contribution in [3.63, 3.8) is 0 Å². The zero-order valence-corrected chi connectivity index (χ0v) is 37.3. The van der Waals surface area contributed by atoms with Crippen LogP contribution in [0.1, 0.15) is 60.7 Å². The Morgan fingerprint density at radius 3 is 2.58 bits per heavy atom. The smallest absolute Gasteiger partial charge is 0.414 e. The fourth-order valence-electron chi connectivity index (χ4n) is 6.02. The number of pyridine rings is 1. The van der Waals surface area contributed by atoms with Crippen LogP contribution in [-0.4, -0.2) is 127 Å². The average Bonchev–Trinajstić information content (AvgIpc) is 3.79.